The Labute approximate surface area is 111 Å². The van der Waals surface area contributed by atoms with Gasteiger partial charge in [-0.3, -0.25) is 9.78 Å². The maximum absolute atomic E-state index is 12.0. The van der Waals surface area contributed by atoms with Gasteiger partial charge in [0, 0.05) is 12.4 Å². The van der Waals surface area contributed by atoms with E-state index in [1.165, 1.54) is 12.4 Å². The van der Waals surface area contributed by atoms with Crippen LogP contribution in [0.1, 0.15) is 30.6 Å². The van der Waals surface area contributed by atoms with Crippen LogP contribution in [0.4, 0.5) is 0 Å². The van der Waals surface area contributed by atoms with Crippen LogP contribution in [0.25, 0.3) is 0 Å². The van der Waals surface area contributed by atoms with Crippen LogP contribution in [0.3, 0.4) is 0 Å². The highest BCUT2D eigenvalue weighted by molar-refractivity contribution is 7.80. The minimum atomic E-state index is -0.709. The van der Waals surface area contributed by atoms with Gasteiger partial charge in [0.25, 0.3) is 5.91 Å². The van der Waals surface area contributed by atoms with Gasteiger partial charge in [-0.2, -0.15) is 0 Å². The Morgan fingerprint density at radius 3 is 2.82 bits per heavy atom. The van der Waals surface area contributed by atoms with Crippen molar-refractivity contribution in [1.29, 1.82) is 0 Å². The molecule has 6 heteroatoms. The van der Waals surface area contributed by atoms with Crippen molar-refractivity contribution < 1.29 is 4.79 Å². The fourth-order valence-corrected chi connectivity index (χ4v) is 1.60. The van der Waals surface area contributed by atoms with Crippen molar-refractivity contribution in [2.45, 2.75) is 25.8 Å². The quantitative estimate of drug-likeness (QED) is 0.821. The van der Waals surface area contributed by atoms with Crippen molar-refractivity contribution in [3.05, 3.63) is 29.0 Å². The second-order valence-corrected chi connectivity index (χ2v) is 4.71. The summed E-state index contributed by atoms with van der Waals surface area (Å²) in [7, 11) is 0. The molecule has 4 nitrogen and oxygen atoms in total. The predicted molar refractivity (Wildman–Crippen MR) is 72.2 cm³/mol. The molecule has 0 saturated heterocycles. The van der Waals surface area contributed by atoms with Crippen molar-refractivity contribution in [3.8, 4) is 0 Å². The summed E-state index contributed by atoms with van der Waals surface area (Å²) in [6, 6.07) is 1.55. The van der Waals surface area contributed by atoms with Gasteiger partial charge in [-0.1, -0.05) is 30.7 Å². The van der Waals surface area contributed by atoms with Crippen LogP contribution in [-0.4, -0.2) is 21.4 Å². The van der Waals surface area contributed by atoms with Crippen LogP contribution in [-0.2, 0) is 0 Å². The fraction of sp³-hybridized carbons (Fsp3) is 0.364. The first-order chi connectivity index (χ1) is 7.90. The minimum Gasteiger partial charge on any atom is -0.391 e. The number of amides is 1. The summed E-state index contributed by atoms with van der Waals surface area (Å²) in [5, 5.41) is 3.08. The predicted octanol–water partition coefficient (Wildman–Crippen LogP) is 1.92. The number of nitrogens with one attached hydrogen (secondary N) is 1. The van der Waals surface area contributed by atoms with Gasteiger partial charge in [0.1, 0.15) is 0 Å². The normalized spacial score (nSPS) is 13.8. The molecule has 1 heterocycles. The van der Waals surface area contributed by atoms with Crippen molar-refractivity contribution in [3.63, 3.8) is 0 Å². The highest BCUT2D eigenvalue weighted by Gasteiger charge is 2.28. The molecule has 1 aromatic rings. The topological polar surface area (TPSA) is 68.0 Å². The largest absolute Gasteiger partial charge is 0.391 e. The first kappa shape index (κ1) is 13.9. The molecule has 0 radical (unpaired) electrons. The van der Waals surface area contributed by atoms with Gasteiger partial charge in [0.05, 0.1) is 21.1 Å². The van der Waals surface area contributed by atoms with E-state index >= 15 is 0 Å². The lowest BCUT2D eigenvalue weighted by Crippen LogP contribution is -2.54. The number of pyridine rings is 1. The number of halogens is 1. The summed E-state index contributed by atoms with van der Waals surface area (Å²) in [5.41, 5.74) is 5.27. The van der Waals surface area contributed by atoms with E-state index in [1.54, 1.807) is 13.0 Å². The molecule has 0 fully saturated rings. The van der Waals surface area contributed by atoms with Crippen LogP contribution in [0.5, 0.6) is 0 Å². The Balaban J connectivity index is 2.93. The van der Waals surface area contributed by atoms with E-state index in [-0.39, 0.29) is 10.9 Å². The smallest absolute Gasteiger partial charge is 0.253 e. The molecule has 1 atom stereocenters. The summed E-state index contributed by atoms with van der Waals surface area (Å²) in [6.45, 7) is 3.68. The highest BCUT2D eigenvalue weighted by Crippen LogP contribution is 2.16. The van der Waals surface area contributed by atoms with E-state index in [4.69, 9.17) is 29.6 Å². The molecule has 0 aliphatic rings. The molecule has 0 aromatic carbocycles. The number of aromatic nitrogens is 1. The van der Waals surface area contributed by atoms with Crippen LogP contribution in [0.15, 0.2) is 18.5 Å². The Kier molecular flexibility index (Phi) is 4.42. The Morgan fingerprint density at radius 2 is 2.35 bits per heavy atom. The van der Waals surface area contributed by atoms with Gasteiger partial charge in [0.15, 0.2) is 0 Å². The summed E-state index contributed by atoms with van der Waals surface area (Å²) in [5.74, 6) is -0.311. The number of nitrogens with zero attached hydrogens (tertiary/aromatic N) is 1. The molecule has 1 rings (SSSR count). The Morgan fingerprint density at radius 1 is 1.71 bits per heavy atom. The molecule has 0 aliphatic heterocycles. The Hall–Kier alpha value is -1.20. The first-order valence-corrected chi connectivity index (χ1v) is 5.91. The summed E-state index contributed by atoms with van der Waals surface area (Å²) >= 11 is 10.8. The highest BCUT2D eigenvalue weighted by atomic mass is 35.5. The minimum absolute atomic E-state index is 0.249. The zero-order valence-electron chi connectivity index (χ0n) is 9.66. The molecule has 0 spiro atoms. The molecular weight excluding hydrogens is 258 g/mol. The summed E-state index contributed by atoms with van der Waals surface area (Å²) < 4.78 is 0. The lowest BCUT2D eigenvalue weighted by atomic mass is 9.98. The van der Waals surface area contributed by atoms with Gasteiger partial charge < -0.3 is 11.1 Å². The lowest BCUT2D eigenvalue weighted by molar-refractivity contribution is 0.0926. The van der Waals surface area contributed by atoms with E-state index in [0.717, 1.165) is 0 Å². The zero-order valence-corrected chi connectivity index (χ0v) is 11.2. The monoisotopic (exact) mass is 271 g/mol. The number of thiocarbonyl (C=S) groups is 1. The van der Waals surface area contributed by atoms with E-state index < -0.39 is 5.54 Å². The molecule has 1 amide bonds. The SMILES string of the molecule is CCC(C)(NC(=O)c1ccncc1Cl)C(N)=S. The van der Waals surface area contributed by atoms with E-state index in [1.807, 2.05) is 6.92 Å². The molecule has 0 bridgehead atoms. The van der Waals surface area contributed by atoms with E-state index in [9.17, 15) is 4.79 Å². The van der Waals surface area contributed by atoms with Gasteiger partial charge in [-0.05, 0) is 19.4 Å². The van der Waals surface area contributed by atoms with Gasteiger partial charge in [-0.15, -0.1) is 0 Å². The third-order valence-corrected chi connectivity index (χ3v) is 3.41. The maximum Gasteiger partial charge on any atom is 0.253 e. The van der Waals surface area contributed by atoms with Gasteiger partial charge in [0.2, 0.25) is 0 Å². The molecule has 3 N–H and O–H groups in total. The number of carbonyl (C=O) groups is 1. The van der Waals surface area contributed by atoms with Crippen molar-refractivity contribution in [1.82, 2.24) is 10.3 Å². The van der Waals surface area contributed by atoms with Crippen LogP contribution in [0, 0.1) is 0 Å². The van der Waals surface area contributed by atoms with Crippen molar-refractivity contribution in [2.75, 3.05) is 0 Å². The van der Waals surface area contributed by atoms with Crippen LogP contribution in [0.2, 0.25) is 5.02 Å². The van der Waals surface area contributed by atoms with Crippen molar-refractivity contribution >= 4 is 34.7 Å². The number of carbonyl (C=O) groups excluding carboxylic acids is 1. The fourth-order valence-electron chi connectivity index (χ4n) is 1.20. The van der Waals surface area contributed by atoms with Crippen LogP contribution >= 0.6 is 23.8 Å². The third kappa shape index (κ3) is 3.14. The number of hydrogen-bond donors (Lipinski definition) is 2. The second-order valence-electron chi connectivity index (χ2n) is 3.86. The molecule has 17 heavy (non-hydrogen) atoms. The molecule has 1 aromatic heterocycles. The third-order valence-electron chi connectivity index (χ3n) is 2.66. The summed E-state index contributed by atoms with van der Waals surface area (Å²) in [6.07, 6.45) is 3.53. The number of hydrogen-bond acceptors (Lipinski definition) is 3. The molecular formula is C11H14ClN3OS. The standard InChI is InChI=1S/C11H14ClN3OS/c1-3-11(2,10(13)17)15-9(16)7-4-5-14-6-8(7)12/h4-6H,3H2,1-2H3,(H2,13,17)(H,15,16). The molecule has 0 aliphatic carbocycles. The summed E-state index contributed by atoms with van der Waals surface area (Å²) in [4.78, 5) is 16.1. The van der Waals surface area contributed by atoms with E-state index in [2.05, 4.69) is 10.3 Å². The van der Waals surface area contributed by atoms with E-state index in [0.29, 0.717) is 17.0 Å². The molecule has 1 unspecified atom stereocenters. The Bertz CT molecular complexity index is 452. The molecule has 0 saturated carbocycles. The average molecular weight is 272 g/mol. The molecule has 92 valence electrons. The van der Waals surface area contributed by atoms with Gasteiger partial charge >= 0.3 is 0 Å². The maximum atomic E-state index is 12.0. The van der Waals surface area contributed by atoms with Gasteiger partial charge in [-0.25, -0.2) is 0 Å². The van der Waals surface area contributed by atoms with Crippen molar-refractivity contribution in [2.24, 2.45) is 5.73 Å². The van der Waals surface area contributed by atoms with Crippen LogP contribution < -0.4 is 11.1 Å². The second kappa shape index (κ2) is 5.42. The number of rotatable bonds is 4. The zero-order chi connectivity index (χ0) is 13.1. The first-order valence-electron chi connectivity index (χ1n) is 5.12. The number of nitrogens with two attached hydrogens (primary N) is 1. The lowest BCUT2D eigenvalue weighted by Gasteiger charge is -2.28. The average Bonchev–Trinajstić information content (AvgIpc) is 2.29.